The van der Waals surface area contributed by atoms with Gasteiger partial charge in [0.1, 0.15) is 6.04 Å². The van der Waals surface area contributed by atoms with Crippen molar-refractivity contribution in [1.82, 2.24) is 10.6 Å². The fraction of sp³-hybridized carbons (Fsp3) is 0.714. The number of carboxylic acid groups (broad SMARTS) is 1. The number of carbonyl (C=O) groups excluding carboxylic acids is 1. The lowest BCUT2D eigenvalue weighted by molar-refractivity contribution is -0.138. The van der Waals surface area contributed by atoms with Crippen LogP contribution < -0.4 is 10.6 Å². The molecule has 0 rings (SSSR count). The molecule has 0 aromatic rings. The maximum atomic E-state index is 10.4. The maximum Gasteiger partial charge on any atom is 0.320 e. The molecule has 0 aromatic carbocycles. The van der Waals surface area contributed by atoms with Gasteiger partial charge in [-0.05, 0) is 6.92 Å². The first-order valence-corrected chi connectivity index (χ1v) is 3.74. The standard InChI is InChI=1S/C7H14N2O3.ClH/c1-5(7(11)12)8-3-4-9-6(2)10;/h5,8H,3-4H2,1-2H3,(H,9,10)(H,11,12);1H. The molecule has 0 spiro atoms. The quantitative estimate of drug-likeness (QED) is 0.540. The number of hydrogen-bond acceptors (Lipinski definition) is 3. The molecule has 0 fully saturated rings. The Morgan fingerprint density at radius 2 is 1.92 bits per heavy atom. The molecule has 78 valence electrons. The Balaban J connectivity index is 0. The predicted molar refractivity (Wildman–Crippen MR) is 51.0 cm³/mol. The van der Waals surface area contributed by atoms with E-state index in [-0.39, 0.29) is 18.3 Å². The summed E-state index contributed by atoms with van der Waals surface area (Å²) >= 11 is 0. The molecule has 0 aliphatic heterocycles. The average molecular weight is 211 g/mol. The van der Waals surface area contributed by atoms with Gasteiger partial charge in [0.15, 0.2) is 0 Å². The van der Waals surface area contributed by atoms with Gasteiger partial charge in [0.05, 0.1) is 0 Å². The number of halogens is 1. The summed E-state index contributed by atoms with van der Waals surface area (Å²) in [6, 6.07) is -0.571. The molecule has 6 heteroatoms. The summed E-state index contributed by atoms with van der Waals surface area (Å²) in [6.45, 7) is 3.89. The predicted octanol–water partition coefficient (Wildman–Crippen LogP) is -0.393. The van der Waals surface area contributed by atoms with E-state index in [1.54, 1.807) is 6.92 Å². The molecule has 0 aliphatic carbocycles. The molecule has 0 heterocycles. The van der Waals surface area contributed by atoms with E-state index < -0.39 is 12.0 Å². The smallest absolute Gasteiger partial charge is 0.320 e. The van der Waals surface area contributed by atoms with Gasteiger partial charge in [-0.25, -0.2) is 0 Å². The summed E-state index contributed by atoms with van der Waals surface area (Å²) < 4.78 is 0. The van der Waals surface area contributed by atoms with Crippen molar-refractivity contribution < 1.29 is 14.7 Å². The number of amides is 1. The van der Waals surface area contributed by atoms with Crippen molar-refractivity contribution >= 4 is 24.3 Å². The van der Waals surface area contributed by atoms with Crippen LogP contribution in [-0.4, -0.2) is 36.1 Å². The zero-order valence-corrected chi connectivity index (χ0v) is 8.48. The number of carbonyl (C=O) groups is 2. The van der Waals surface area contributed by atoms with Crippen molar-refractivity contribution in [2.24, 2.45) is 0 Å². The molecular formula is C7H15ClN2O3. The molecule has 0 radical (unpaired) electrons. The lowest BCUT2D eigenvalue weighted by Crippen LogP contribution is -2.38. The van der Waals surface area contributed by atoms with Crippen LogP contribution in [0.1, 0.15) is 13.8 Å². The number of carboxylic acids is 1. The molecule has 3 N–H and O–H groups in total. The van der Waals surface area contributed by atoms with E-state index in [2.05, 4.69) is 10.6 Å². The Hall–Kier alpha value is -0.810. The van der Waals surface area contributed by atoms with Crippen LogP contribution in [0, 0.1) is 0 Å². The lowest BCUT2D eigenvalue weighted by Gasteiger charge is -2.08. The van der Waals surface area contributed by atoms with Gasteiger partial charge in [0.2, 0.25) is 5.91 Å². The number of nitrogens with one attached hydrogen (secondary N) is 2. The van der Waals surface area contributed by atoms with E-state index in [0.29, 0.717) is 13.1 Å². The van der Waals surface area contributed by atoms with Gasteiger partial charge in [-0.3, -0.25) is 9.59 Å². The van der Waals surface area contributed by atoms with Crippen LogP contribution in [0.4, 0.5) is 0 Å². The van der Waals surface area contributed by atoms with Crippen LogP contribution in [0.25, 0.3) is 0 Å². The molecule has 5 nitrogen and oxygen atoms in total. The topological polar surface area (TPSA) is 78.4 Å². The Morgan fingerprint density at radius 3 is 2.31 bits per heavy atom. The van der Waals surface area contributed by atoms with Crippen molar-refractivity contribution in [3.63, 3.8) is 0 Å². The van der Waals surface area contributed by atoms with Crippen molar-refractivity contribution in [2.45, 2.75) is 19.9 Å². The normalized spacial score (nSPS) is 11.2. The van der Waals surface area contributed by atoms with Crippen molar-refractivity contribution in [3.05, 3.63) is 0 Å². The van der Waals surface area contributed by atoms with Crippen LogP contribution in [0.2, 0.25) is 0 Å². The second-order valence-corrected chi connectivity index (χ2v) is 2.50. The first kappa shape index (κ1) is 14.7. The molecule has 0 saturated heterocycles. The van der Waals surface area contributed by atoms with E-state index in [9.17, 15) is 9.59 Å². The molecule has 1 amide bonds. The average Bonchev–Trinajstić information content (AvgIpc) is 1.97. The Kier molecular flexibility index (Phi) is 8.84. The highest BCUT2D eigenvalue weighted by Gasteiger charge is 2.07. The van der Waals surface area contributed by atoms with Crippen LogP contribution in [0.5, 0.6) is 0 Å². The first-order chi connectivity index (χ1) is 5.54. The molecule has 0 aromatic heterocycles. The third-order valence-electron chi connectivity index (χ3n) is 1.32. The molecule has 0 saturated carbocycles. The summed E-state index contributed by atoms with van der Waals surface area (Å²) in [5.41, 5.74) is 0. The van der Waals surface area contributed by atoms with Crippen LogP contribution in [-0.2, 0) is 9.59 Å². The zero-order chi connectivity index (χ0) is 9.56. The second kappa shape index (κ2) is 7.82. The summed E-state index contributed by atoms with van der Waals surface area (Å²) in [7, 11) is 0. The van der Waals surface area contributed by atoms with Gasteiger partial charge in [-0.2, -0.15) is 0 Å². The van der Waals surface area contributed by atoms with Gasteiger partial charge in [0, 0.05) is 20.0 Å². The first-order valence-electron chi connectivity index (χ1n) is 3.74. The third-order valence-corrected chi connectivity index (χ3v) is 1.32. The fourth-order valence-electron chi connectivity index (χ4n) is 0.615. The van der Waals surface area contributed by atoms with Crippen LogP contribution >= 0.6 is 12.4 Å². The summed E-state index contributed by atoms with van der Waals surface area (Å²) in [5.74, 6) is -1.00. The molecule has 0 aliphatic rings. The Morgan fingerprint density at radius 1 is 1.38 bits per heavy atom. The molecule has 0 bridgehead atoms. The van der Waals surface area contributed by atoms with Crippen LogP contribution in [0.15, 0.2) is 0 Å². The van der Waals surface area contributed by atoms with E-state index in [0.717, 1.165) is 0 Å². The van der Waals surface area contributed by atoms with Crippen LogP contribution in [0.3, 0.4) is 0 Å². The van der Waals surface area contributed by atoms with Crippen molar-refractivity contribution in [2.75, 3.05) is 13.1 Å². The summed E-state index contributed by atoms with van der Waals surface area (Å²) in [4.78, 5) is 20.6. The second-order valence-electron chi connectivity index (χ2n) is 2.50. The Bertz CT molecular complexity index is 175. The van der Waals surface area contributed by atoms with E-state index >= 15 is 0 Å². The minimum absolute atomic E-state index is 0. The number of rotatable bonds is 5. The molecule has 1 atom stereocenters. The highest BCUT2D eigenvalue weighted by atomic mass is 35.5. The highest BCUT2D eigenvalue weighted by Crippen LogP contribution is 1.78. The SMILES string of the molecule is CC(=O)NCCNC(C)C(=O)O.Cl. The van der Waals surface area contributed by atoms with Gasteiger partial charge < -0.3 is 15.7 Å². The van der Waals surface area contributed by atoms with E-state index in [4.69, 9.17) is 5.11 Å². The fourth-order valence-corrected chi connectivity index (χ4v) is 0.615. The van der Waals surface area contributed by atoms with E-state index in [1.807, 2.05) is 0 Å². The van der Waals surface area contributed by atoms with Gasteiger partial charge in [-0.1, -0.05) is 0 Å². The minimum atomic E-state index is -0.891. The minimum Gasteiger partial charge on any atom is -0.480 e. The monoisotopic (exact) mass is 210 g/mol. The van der Waals surface area contributed by atoms with Crippen molar-refractivity contribution in [3.8, 4) is 0 Å². The number of hydrogen-bond donors (Lipinski definition) is 3. The zero-order valence-electron chi connectivity index (χ0n) is 7.66. The van der Waals surface area contributed by atoms with Gasteiger partial charge in [-0.15, -0.1) is 12.4 Å². The third kappa shape index (κ3) is 9.10. The summed E-state index contributed by atoms with van der Waals surface area (Å²) in [6.07, 6.45) is 0. The highest BCUT2D eigenvalue weighted by molar-refractivity contribution is 5.85. The van der Waals surface area contributed by atoms with E-state index in [1.165, 1.54) is 6.92 Å². The lowest BCUT2D eigenvalue weighted by atomic mass is 10.3. The maximum absolute atomic E-state index is 10.4. The molecule has 13 heavy (non-hydrogen) atoms. The molecular weight excluding hydrogens is 196 g/mol. The Labute approximate surface area is 83.3 Å². The number of aliphatic carboxylic acids is 1. The van der Waals surface area contributed by atoms with Crippen molar-refractivity contribution in [1.29, 1.82) is 0 Å². The largest absolute Gasteiger partial charge is 0.480 e. The van der Waals surface area contributed by atoms with Gasteiger partial charge >= 0.3 is 5.97 Å². The molecule has 1 unspecified atom stereocenters. The van der Waals surface area contributed by atoms with Gasteiger partial charge in [0.25, 0.3) is 0 Å². The summed E-state index contributed by atoms with van der Waals surface area (Å²) in [5, 5.41) is 13.7.